The van der Waals surface area contributed by atoms with Gasteiger partial charge in [-0.25, -0.2) is 18.1 Å². The van der Waals surface area contributed by atoms with Crippen LogP contribution in [-0.4, -0.2) is 36.4 Å². The molecule has 2 aromatic heterocycles. The highest BCUT2D eigenvalue weighted by Crippen LogP contribution is 2.37. The lowest BCUT2D eigenvalue weighted by Gasteiger charge is -2.23. The molecule has 0 radical (unpaired) electrons. The fraction of sp³-hybridized carbons (Fsp3) is 0.133. The first-order chi connectivity index (χ1) is 19.8. The van der Waals surface area contributed by atoms with Crippen molar-refractivity contribution >= 4 is 21.7 Å². The number of para-hydroxylation sites is 1. The predicted molar refractivity (Wildman–Crippen MR) is 152 cm³/mol. The number of sulfonamides is 1. The molecule has 0 amide bonds. The van der Waals surface area contributed by atoms with E-state index in [9.17, 15) is 13.5 Å². The van der Waals surface area contributed by atoms with Crippen molar-refractivity contribution in [1.29, 1.82) is 0 Å². The Balaban J connectivity index is 1.27. The standard InChI is InChI=1S/C30H26N4O6S/c1-19-20(2)33-40-30(19)34-18-26(24-8-3-5-9-25(24)35)39-28(34)17-32-41(36,37)27-10-6-4-7-23(27)21-11-13-22(14-12-21)29-31-15-16-38-29/h3-16,18,28,32,35H,17H2,1-2H3. The summed E-state index contributed by atoms with van der Waals surface area (Å²) in [5.41, 5.74) is 3.99. The lowest BCUT2D eigenvalue weighted by Crippen LogP contribution is -2.40. The van der Waals surface area contributed by atoms with E-state index in [1.807, 2.05) is 38.1 Å². The number of nitrogens with one attached hydrogen (secondary N) is 1. The number of rotatable bonds is 8. The van der Waals surface area contributed by atoms with Crippen molar-refractivity contribution in [2.24, 2.45) is 0 Å². The summed E-state index contributed by atoms with van der Waals surface area (Å²) < 4.78 is 47.1. The first kappa shape index (κ1) is 26.4. The molecule has 11 heteroatoms. The molecule has 0 bridgehead atoms. The summed E-state index contributed by atoms with van der Waals surface area (Å²) in [5, 5.41) is 14.4. The molecule has 0 spiro atoms. The Morgan fingerprint density at radius 3 is 2.34 bits per heavy atom. The van der Waals surface area contributed by atoms with Gasteiger partial charge in [0.25, 0.3) is 0 Å². The molecule has 208 valence electrons. The summed E-state index contributed by atoms with van der Waals surface area (Å²) in [6.45, 7) is 3.56. The van der Waals surface area contributed by atoms with Gasteiger partial charge in [0.05, 0.1) is 35.1 Å². The van der Waals surface area contributed by atoms with E-state index >= 15 is 0 Å². The van der Waals surface area contributed by atoms with E-state index in [-0.39, 0.29) is 17.2 Å². The minimum Gasteiger partial charge on any atom is -0.507 e. The van der Waals surface area contributed by atoms with Gasteiger partial charge in [0, 0.05) is 16.7 Å². The zero-order chi connectivity index (χ0) is 28.6. The van der Waals surface area contributed by atoms with Crippen LogP contribution in [0.15, 0.2) is 105 Å². The van der Waals surface area contributed by atoms with Crippen molar-refractivity contribution in [2.45, 2.75) is 25.0 Å². The summed E-state index contributed by atoms with van der Waals surface area (Å²) in [6, 6.07) is 20.8. The SMILES string of the molecule is Cc1noc(N2C=C(c3ccccc3O)OC2CNS(=O)(=O)c2ccccc2-c2ccc(-c3ncco3)cc2)c1C. The van der Waals surface area contributed by atoms with Gasteiger partial charge in [-0.1, -0.05) is 47.6 Å². The maximum Gasteiger partial charge on any atom is 0.241 e. The van der Waals surface area contributed by atoms with Gasteiger partial charge in [-0.05, 0) is 49.7 Å². The third-order valence-corrected chi connectivity index (χ3v) is 8.35. The van der Waals surface area contributed by atoms with Crippen molar-refractivity contribution in [3.05, 3.63) is 108 Å². The molecular weight excluding hydrogens is 544 g/mol. The van der Waals surface area contributed by atoms with Crippen molar-refractivity contribution < 1.29 is 27.2 Å². The van der Waals surface area contributed by atoms with Crippen molar-refractivity contribution in [2.75, 3.05) is 11.4 Å². The van der Waals surface area contributed by atoms with Gasteiger partial charge in [-0.3, -0.25) is 4.90 Å². The van der Waals surface area contributed by atoms with E-state index in [0.717, 1.165) is 16.7 Å². The second-order valence-electron chi connectivity index (χ2n) is 9.45. The van der Waals surface area contributed by atoms with Gasteiger partial charge in [-0.2, -0.15) is 0 Å². The number of phenolic OH excluding ortho intramolecular Hbond substituents is 1. The normalized spacial score (nSPS) is 15.1. The monoisotopic (exact) mass is 570 g/mol. The highest BCUT2D eigenvalue weighted by molar-refractivity contribution is 7.89. The third-order valence-electron chi connectivity index (χ3n) is 6.87. The van der Waals surface area contributed by atoms with E-state index < -0.39 is 16.3 Å². The molecule has 0 saturated carbocycles. The van der Waals surface area contributed by atoms with Crippen LogP contribution in [0.25, 0.3) is 28.3 Å². The second kappa shape index (κ2) is 10.6. The zero-order valence-electron chi connectivity index (χ0n) is 22.2. The lowest BCUT2D eigenvalue weighted by atomic mass is 10.0. The van der Waals surface area contributed by atoms with Crippen LogP contribution in [0, 0.1) is 13.8 Å². The number of nitrogens with zero attached hydrogens (tertiary/aromatic N) is 3. The fourth-order valence-corrected chi connectivity index (χ4v) is 5.84. The van der Waals surface area contributed by atoms with Crippen molar-refractivity contribution in [3.63, 3.8) is 0 Å². The van der Waals surface area contributed by atoms with E-state index in [1.165, 1.54) is 6.26 Å². The van der Waals surface area contributed by atoms with E-state index in [4.69, 9.17) is 13.7 Å². The Kier molecular flexibility index (Phi) is 6.82. The van der Waals surface area contributed by atoms with E-state index in [2.05, 4.69) is 14.9 Å². The minimum absolute atomic E-state index is 0.0353. The first-order valence-corrected chi connectivity index (χ1v) is 14.3. The van der Waals surface area contributed by atoms with Crippen LogP contribution in [0.5, 0.6) is 5.75 Å². The summed E-state index contributed by atoms with van der Waals surface area (Å²) in [5.74, 6) is 1.30. The average Bonchev–Trinajstić information content (AvgIpc) is 3.74. The number of hydrogen-bond donors (Lipinski definition) is 2. The highest BCUT2D eigenvalue weighted by Gasteiger charge is 2.34. The van der Waals surface area contributed by atoms with Crippen molar-refractivity contribution in [1.82, 2.24) is 14.9 Å². The maximum atomic E-state index is 13.7. The van der Waals surface area contributed by atoms with Crippen LogP contribution in [0.4, 0.5) is 5.88 Å². The predicted octanol–water partition coefficient (Wildman–Crippen LogP) is 5.46. The Morgan fingerprint density at radius 2 is 1.66 bits per heavy atom. The summed E-state index contributed by atoms with van der Waals surface area (Å²) >= 11 is 0. The second-order valence-corrected chi connectivity index (χ2v) is 11.2. The molecule has 1 aliphatic heterocycles. The number of aromatic hydroxyl groups is 1. The molecule has 41 heavy (non-hydrogen) atoms. The lowest BCUT2D eigenvalue weighted by molar-refractivity contribution is 0.189. The summed E-state index contributed by atoms with van der Waals surface area (Å²) in [6.07, 6.45) is 3.93. The smallest absolute Gasteiger partial charge is 0.241 e. The maximum absolute atomic E-state index is 13.7. The number of phenols is 1. The van der Waals surface area contributed by atoms with Crippen LogP contribution in [0.2, 0.25) is 0 Å². The Hall–Kier alpha value is -4.87. The number of hydrogen-bond acceptors (Lipinski definition) is 9. The number of aromatic nitrogens is 2. The molecule has 3 aromatic carbocycles. The van der Waals surface area contributed by atoms with E-state index in [1.54, 1.807) is 65.8 Å². The largest absolute Gasteiger partial charge is 0.507 e. The van der Waals surface area contributed by atoms with Crippen LogP contribution in [0.1, 0.15) is 16.8 Å². The van der Waals surface area contributed by atoms with E-state index in [0.29, 0.717) is 34.4 Å². The molecule has 6 rings (SSSR count). The van der Waals surface area contributed by atoms with Gasteiger partial charge in [0.15, 0.2) is 6.23 Å². The van der Waals surface area contributed by atoms with Crippen LogP contribution >= 0.6 is 0 Å². The molecule has 1 unspecified atom stereocenters. The fourth-order valence-electron chi connectivity index (χ4n) is 4.59. The molecular formula is C30H26N4O6S. The Bertz CT molecular complexity index is 1830. The van der Waals surface area contributed by atoms with Gasteiger partial charge in [-0.15, -0.1) is 0 Å². The molecule has 3 heterocycles. The minimum atomic E-state index is -3.99. The summed E-state index contributed by atoms with van der Waals surface area (Å²) in [4.78, 5) is 5.95. The van der Waals surface area contributed by atoms with Gasteiger partial charge in [0.1, 0.15) is 17.8 Å². The van der Waals surface area contributed by atoms with Gasteiger partial charge < -0.3 is 18.8 Å². The quantitative estimate of drug-likeness (QED) is 0.250. The molecule has 1 atom stereocenters. The zero-order valence-corrected chi connectivity index (χ0v) is 23.0. The Labute approximate surface area is 236 Å². The van der Waals surface area contributed by atoms with Crippen molar-refractivity contribution in [3.8, 4) is 28.3 Å². The number of anilines is 1. The topological polar surface area (TPSA) is 131 Å². The van der Waals surface area contributed by atoms with Gasteiger partial charge >= 0.3 is 0 Å². The molecule has 2 N–H and O–H groups in total. The third kappa shape index (κ3) is 5.08. The average molecular weight is 571 g/mol. The van der Waals surface area contributed by atoms with Crippen LogP contribution in [0.3, 0.4) is 0 Å². The highest BCUT2D eigenvalue weighted by atomic mass is 32.2. The van der Waals surface area contributed by atoms with Gasteiger partial charge in [0.2, 0.25) is 21.8 Å². The Morgan fingerprint density at radius 1 is 0.951 bits per heavy atom. The number of oxazole rings is 1. The molecule has 5 aromatic rings. The molecule has 0 fully saturated rings. The van der Waals surface area contributed by atoms with Crippen LogP contribution in [-0.2, 0) is 14.8 Å². The molecule has 0 aliphatic carbocycles. The molecule has 10 nitrogen and oxygen atoms in total. The summed E-state index contributed by atoms with van der Waals surface area (Å²) in [7, 11) is -3.99. The number of aryl methyl sites for hydroxylation is 1. The number of benzene rings is 3. The molecule has 0 saturated heterocycles. The first-order valence-electron chi connectivity index (χ1n) is 12.8. The molecule has 1 aliphatic rings. The van der Waals surface area contributed by atoms with Crippen LogP contribution < -0.4 is 9.62 Å². The number of ether oxygens (including phenoxy) is 1.